The second kappa shape index (κ2) is 8.75. The Morgan fingerprint density at radius 1 is 1.19 bits per heavy atom. The molecule has 0 spiro atoms. The number of anilines is 1. The molecule has 4 rings (SSSR count). The minimum Gasteiger partial charge on any atom is -0.496 e. The van der Waals surface area contributed by atoms with Gasteiger partial charge in [0.05, 0.1) is 23.7 Å². The first kappa shape index (κ1) is 21.4. The number of rotatable bonds is 6. The average Bonchev–Trinajstić information content (AvgIpc) is 3.25. The molecule has 0 bridgehead atoms. The zero-order valence-electron chi connectivity index (χ0n) is 17.3. The summed E-state index contributed by atoms with van der Waals surface area (Å²) in [7, 11) is 1.48. The highest BCUT2D eigenvalue weighted by Gasteiger charge is 2.16. The van der Waals surface area contributed by atoms with E-state index in [1.807, 2.05) is 0 Å². The quantitative estimate of drug-likeness (QED) is 0.483. The van der Waals surface area contributed by atoms with E-state index < -0.39 is 23.0 Å². The number of thiazole rings is 1. The summed E-state index contributed by atoms with van der Waals surface area (Å²) >= 11 is 1.16. The van der Waals surface area contributed by atoms with Crippen molar-refractivity contribution < 1.29 is 13.9 Å². The number of nitrogens with one attached hydrogen (secondary N) is 1. The van der Waals surface area contributed by atoms with Gasteiger partial charge in [0.1, 0.15) is 18.1 Å². The lowest BCUT2D eigenvalue weighted by molar-refractivity contribution is -0.116. The Balaban J connectivity index is 1.63. The van der Waals surface area contributed by atoms with Crippen LogP contribution in [0, 0.1) is 5.82 Å². The number of hydrogen-bond acceptors (Lipinski definition) is 6. The number of para-hydroxylation sites is 1. The predicted molar refractivity (Wildman–Crippen MR) is 121 cm³/mol. The highest BCUT2D eigenvalue weighted by Crippen LogP contribution is 2.32. The summed E-state index contributed by atoms with van der Waals surface area (Å²) in [5.41, 5.74) is 0.339. The molecular weight excluding hydrogens is 435 g/mol. The minimum absolute atomic E-state index is 0.190. The number of ether oxygens (including phenoxy) is 1. The maximum atomic E-state index is 13.7. The molecule has 164 valence electrons. The molecule has 10 heteroatoms. The van der Waals surface area contributed by atoms with Crippen molar-refractivity contribution in [2.45, 2.75) is 20.0 Å². The number of benzene rings is 2. The Morgan fingerprint density at radius 3 is 2.72 bits per heavy atom. The molecule has 1 amide bonds. The summed E-state index contributed by atoms with van der Waals surface area (Å²) in [6, 6.07) is 10.7. The molecule has 4 aromatic rings. The number of aromatic nitrogens is 3. The van der Waals surface area contributed by atoms with Gasteiger partial charge >= 0.3 is 5.69 Å². The number of methoxy groups -OCH3 is 1. The first-order valence-electron chi connectivity index (χ1n) is 9.74. The van der Waals surface area contributed by atoms with Gasteiger partial charge in [0.2, 0.25) is 5.91 Å². The van der Waals surface area contributed by atoms with Crippen molar-refractivity contribution >= 4 is 33.3 Å². The molecule has 0 aliphatic heterocycles. The first-order valence-corrected chi connectivity index (χ1v) is 10.6. The van der Waals surface area contributed by atoms with Gasteiger partial charge in [-0.3, -0.25) is 18.7 Å². The zero-order chi connectivity index (χ0) is 22.8. The second-order valence-corrected chi connectivity index (χ2v) is 7.72. The second-order valence-electron chi connectivity index (χ2n) is 6.87. The molecule has 0 saturated heterocycles. The number of halogens is 1. The molecule has 0 unspecified atom stereocenters. The fraction of sp³-hybridized carbons (Fsp3) is 0.182. The van der Waals surface area contributed by atoms with E-state index in [0.717, 1.165) is 15.9 Å². The van der Waals surface area contributed by atoms with Gasteiger partial charge in [0, 0.05) is 17.5 Å². The maximum Gasteiger partial charge on any atom is 0.331 e. The summed E-state index contributed by atoms with van der Waals surface area (Å²) in [6.07, 6.45) is 0. The van der Waals surface area contributed by atoms with Crippen molar-refractivity contribution in [2.75, 3.05) is 12.4 Å². The summed E-state index contributed by atoms with van der Waals surface area (Å²) in [5, 5.41) is 4.98. The van der Waals surface area contributed by atoms with Gasteiger partial charge in [-0.1, -0.05) is 12.1 Å². The van der Waals surface area contributed by atoms with Gasteiger partial charge in [0.15, 0.2) is 5.13 Å². The molecule has 0 fully saturated rings. The number of amides is 1. The molecular formula is C22H19FN4O4S. The van der Waals surface area contributed by atoms with Crippen molar-refractivity contribution in [3.05, 3.63) is 74.5 Å². The predicted octanol–water partition coefficient (Wildman–Crippen LogP) is 3.09. The van der Waals surface area contributed by atoms with Crippen LogP contribution in [0.1, 0.15) is 6.92 Å². The van der Waals surface area contributed by atoms with Gasteiger partial charge in [-0.25, -0.2) is 14.2 Å². The van der Waals surface area contributed by atoms with E-state index in [9.17, 15) is 18.8 Å². The lowest BCUT2D eigenvalue weighted by atomic mass is 10.1. The van der Waals surface area contributed by atoms with E-state index in [1.165, 1.54) is 29.9 Å². The van der Waals surface area contributed by atoms with Crippen molar-refractivity contribution in [3.63, 3.8) is 0 Å². The fourth-order valence-corrected chi connectivity index (χ4v) is 4.17. The van der Waals surface area contributed by atoms with Crippen LogP contribution in [0.4, 0.5) is 9.52 Å². The van der Waals surface area contributed by atoms with Crippen LogP contribution in [-0.2, 0) is 17.9 Å². The average molecular weight is 454 g/mol. The van der Waals surface area contributed by atoms with Gasteiger partial charge in [-0.2, -0.15) is 0 Å². The summed E-state index contributed by atoms with van der Waals surface area (Å²) in [6.45, 7) is 1.59. The molecule has 0 atom stereocenters. The third kappa shape index (κ3) is 3.92. The standard InChI is InChI=1S/C22H19FN4O4S/c1-3-26-20(29)14-6-4-5-7-17(14)27(22(26)30)11-19(28)25-21-24-16(12-32-21)15-10-13(23)8-9-18(15)31-2/h4-10,12H,3,11H2,1-2H3,(H,24,25,28). The number of nitrogens with zero attached hydrogens (tertiary/aromatic N) is 3. The Bertz CT molecular complexity index is 1440. The Kier molecular flexibility index (Phi) is 5.87. The number of hydrogen-bond donors (Lipinski definition) is 1. The molecule has 0 saturated carbocycles. The normalized spacial score (nSPS) is 11.0. The van der Waals surface area contributed by atoms with Gasteiger partial charge in [0.25, 0.3) is 5.56 Å². The third-order valence-electron chi connectivity index (χ3n) is 4.94. The van der Waals surface area contributed by atoms with Crippen LogP contribution in [0.2, 0.25) is 0 Å². The number of fused-ring (bicyclic) bond motifs is 1. The highest BCUT2D eigenvalue weighted by molar-refractivity contribution is 7.14. The van der Waals surface area contributed by atoms with E-state index in [1.54, 1.807) is 36.6 Å². The van der Waals surface area contributed by atoms with E-state index in [-0.39, 0.29) is 18.2 Å². The fourth-order valence-electron chi connectivity index (χ4n) is 3.44. The summed E-state index contributed by atoms with van der Waals surface area (Å²) in [4.78, 5) is 42.4. The molecule has 0 aliphatic carbocycles. The molecule has 2 heterocycles. The highest BCUT2D eigenvalue weighted by atomic mass is 32.1. The zero-order valence-corrected chi connectivity index (χ0v) is 18.1. The molecule has 0 radical (unpaired) electrons. The molecule has 8 nitrogen and oxygen atoms in total. The van der Waals surface area contributed by atoms with Crippen LogP contribution >= 0.6 is 11.3 Å². The summed E-state index contributed by atoms with van der Waals surface area (Å²) < 4.78 is 21.3. The van der Waals surface area contributed by atoms with E-state index >= 15 is 0 Å². The van der Waals surface area contributed by atoms with Crippen molar-refractivity contribution in [1.82, 2.24) is 14.1 Å². The lowest BCUT2D eigenvalue weighted by Gasteiger charge is -2.12. The van der Waals surface area contributed by atoms with Crippen LogP contribution in [0.15, 0.2) is 57.4 Å². The molecule has 0 aliphatic rings. The summed E-state index contributed by atoms with van der Waals surface area (Å²) in [5.74, 6) is -0.461. The molecule has 32 heavy (non-hydrogen) atoms. The van der Waals surface area contributed by atoms with Crippen LogP contribution in [0.25, 0.3) is 22.2 Å². The molecule has 1 N–H and O–H groups in total. The third-order valence-corrected chi connectivity index (χ3v) is 5.70. The topological polar surface area (TPSA) is 95.2 Å². The van der Waals surface area contributed by atoms with Crippen molar-refractivity contribution in [1.29, 1.82) is 0 Å². The van der Waals surface area contributed by atoms with Crippen LogP contribution in [0.5, 0.6) is 5.75 Å². The Morgan fingerprint density at radius 2 is 1.97 bits per heavy atom. The Hall–Kier alpha value is -3.79. The SMILES string of the molecule is CCn1c(=O)c2ccccc2n(CC(=O)Nc2nc(-c3cc(F)ccc3OC)cs2)c1=O. The van der Waals surface area contributed by atoms with Crippen LogP contribution in [-0.4, -0.2) is 27.1 Å². The smallest absolute Gasteiger partial charge is 0.331 e. The largest absolute Gasteiger partial charge is 0.496 e. The van der Waals surface area contributed by atoms with E-state index in [0.29, 0.717) is 27.9 Å². The van der Waals surface area contributed by atoms with Gasteiger partial charge in [-0.15, -0.1) is 11.3 Å². The van der Waals surface area contributed by atoms with Crippen LogP contribution in [0.3, 0.4) is 0 Å². The van der Waals surface area contributed by atoms with Gasteiger partial charge in [-0.05, 0) is 37.3 Å². The van der Waals surface area contributed by atoms with Crippen LogP contribution < -0.4 is 21.3 Å². The number of carbonyl (C=O) groups is 1. The van der Waals surface area contributed by atoms with Gasteiger partial charge < -0.3 is 10.1 Å². The van der Waals surface area contributed by atoms with Crippen molar-refractivity contribution in [3.8, 4) is 17.0 Å². The monoisotopic (exact) mass is 454 g/mol. The van der Waals surface area contributed by atoms with Crippen molar-refractivity contribution in [2.24, 2.45) is 0 Å². The maximum absolute atomic E-state index is 13.7. The minimum atomic E-state index is -0.560. The first-order chi connectivity index (χ1) is 15.4. The Labute approximate surface area is 185 Å². The lowest BCUT2D eigenvalue weighted by Crippen LogP contribution is -2.41. The number of carbonyl (C=O) groups excluding carboxylic acids is 1. The molecule has 2 aromatic heterocycles. The van der Waals surface area contributed by atoms with E-state index in [2.05, 4.69) is 10.3 Å². The molecule has 2 aromatic carbocycles. The van der Waals surface area contributed by atoms with E-state index in [4.69, 9.17) is 4.74 Å².